The third-order valence-corrected chi connectivity index (χ3v) is 4.28. The molecule has 6 heteroatoms. The molecule has 0 fully saturated rings. The molecular weight excluding hydrogens is 344 g/mol. The van der Waals surface area contributed by atoms with Crippen LogP contribution in [0.3, 0.4) is 0 Å². The molecule has 0 aliphatic carbocycles. The van der Waals surface area contributed by atoms with Gasteiger partial charge in [0, 0.05) is 0 Å². The lowest BCUT2D eigenvalue weighted by molar-refractivity contribution is -0.135. The highest BCUT2D eigenvalue weighted by molar-refractivity contribution is 5.86. The molecule has 0 bridgehead atoms. The molecule has 1 aromatic heterocycles. The van der Waals surface area contributed by atoms with Gasteiger partial charge in [-0.25, -0.2) is 9.78 Å². The van der Waals surface area contributed by atoms with Crippen LogP contribution in [0.15, 0.2) is 71.8 Å². The first-order valence-corrected chi connectivity index (χ1v) is 8.37. The number of para-hydroxylation sites is 1. The van der Waals surface area contributed by atoms with E-state index in [1.54, 1.807) is 37.4 Å². The van der Waals surface area contributed by atoms with Crippen molar-refractivity contribution in [2.75, 3.05) is 7.11 Å². The molecule has 0 N–H and O–H groups in total. The molecular formula is C21H16N2O4. The van der Waals surface area contributed by atoms with Crippen LogP contribution >= 0.6 is 0 Å². The van der Waals surface area contributed by atoms with Crippen molar-refractivity contribution < 1.29 is 14.3 Å². The van der Waals surface area contributed by atoms with E-state index in [1.807, 2.05) is 30.3 Å². The van der Waals surface area contributed by atoms with Gasteiger partial charge in [-0.15, -0.1) is 0 Å². The second-order valence-corrected chi connectivity index (χ2v) is 6.04. The van der Waals surface area contributed by atoms with Crippen LogP contribution in [-0.2, 0) is 11.3 Å². The van der Waals surface area contributed by atoms with Crippen LogP contribution in [0, 0.1) is 0 Å². The number of fused-ring (bicyclic) bond motifs is 2. The highest BCUT2D eigenvalue weighted by Crippen LogP contribution is 2.25. The fourth-order valence-corrected chi connectivity index (χ4v) is 2.91. The summed E-state index contributed by atoms with van der Waals surface area (Å²) in [6, 6.07) is 18.0. The molecule has 4 aromatic rings. The lowest BCUT2D eigenvalue weighted by atomic mass is 10.1. The van der Waals surface area contributed by atoms with E-state index in [1.165, 1.54) is 10.9 Å². The van der Waals surface area contributed by atoms with E-state index < -0.39 is 5.97 Å². The summed E-state index contributed by atoms with van der Waals surface area (Å²) in [5, 5.41) is 2.36. The number of nitrogens with zero attached hydrogens (tertiary/aromatic N) is 2. The SMILES string of the molecule is COc1ccc2ccc(OC(=O)Cn3cnc4ccccc4c3=O)cc2c1. The molecule has 0 radical (unpaired) electrons. The van der Waals surface area contributed by atoms with Crippen LogP contribution in [-0.4, -0.2) is 22.6 Å². The van der Waals surface area contributed by atoms with Gasteiger partial charge in [-0.2, -0.15) is 0 Å². The molecule has 0 aliphatic rings. The molecule has 27 heavy (non-hydrogen) atoms. The topological polar surface area (TPSA) is 70.4 Å². The number of benzene rings is 3. The Morgan fingerprint density at radius 2 is 1.74 bits per heavy atom. The van der Waals surface area contributed by atoms with Crippen molar-refractivity contribution in [3.05, 3.63) is 77.3 Å². The summed E-state index contributed by atoms with van der Waals surface area (Å²) < 4.78 is 11.9. The third-order valence-electron chi connectivity index (χ3n) is 4.28. The second-order valence-electron chi connectivity index (χ2n) is 6.04. The third kappa shape index (κ3) is 3.37. The van der Waals surface area contributed by atoms with Gasteiger partial charge in [0.1, 0.15) is 18.0 Å². The van der Waals surface area contributed by atoms with Gasteiger partial charge in [0.05, 0.1) is 24.3 Å². The van der Waals surface area contributed by atoms with Crippen LogP contribution in [0.4, 0.5) is 0 Å². The van der Waals surface area contributed by atoms with Crippen molar-refractivity contribution in [3.8, 4) is 11.5 Å². The quantitative estimate of drug-likeness (QED) is 0.413. The predicted molar refractivity (Wildman–Crippen MR) is 102 cm³/mol. The lowest BCUT2D eigenvalue weighted by Gasteiger charge is -2.08. The van der Waals surface area contributed by atoms with Crippen LogP contribution in [0.1, 0.15) is 0 Å². The van der Waals surface area contributed by atoms with E-state index in [9.17, 15) is 9.59 Å². The summed E-state index contributed by atoms with van der Waals surface area (Å²) in [5.74, 6) is 0.582. The molecule has 6 nitrogen and oxygen atoms in total. The predicted octanol–water partition coefficient (Wildman–Crippen LogP) is 3.16. The molecule has 1 heterocycles. The first kappa shape index (κ1) is 16.8. The Hall–Kier alpha value is -3.67. The van der Waals surface area contributed by atoms with Gasteiger partial charge in [0.15, 0.2) is 0 Å². The van der Waals surface area contributed by atoms with Crippen LogP contribution in [0.2, 0.25) is 0 Å². The molecule has 0 saturated carbocycles. The molecule has 0 saturated heterocycles. The Kier molecular flexibility index (Phi) is 4.30. The normalized spacial score (nSPS) is 10.9. The Balaban J connectivity index is 1.57. The number of esters is 1. The molecule has 0 unspecified atom stereocenters. The van der Waals surface area contributed by atoms with E-state index in [4.69, 9.17) is 9.47 Å². The largest absolute Gasteiger partial charge is 0.497 e. The van der Waals surface area contributed by atoms with Crippen LogP contribution in [0.25, 0.3) is 21.7 Å². The number of rotatable bonds is 4. The maximum Gasteiger partial charge on any atom is 0.331 e. The fraction of sp³-hybridized carbons (Fsp3) is 0.0952. The number of aromatic nitrogens is 2. The van der Waals surface area contributed by atoms with Gasteiger partial charge in [0.2, 0.25) is 0 Å². The maximum absolute atomic E-state index is 12.5. The standard InChI is InChI=1S/C21H16N2O4/c1-26-16-8-6-14-7-9-17(11-15(14)10-16)27-20(24)12-23-13-22-19-5-3-2-4-18(19)21(23)25/h2-11,13H,12H2,1H3. The highest BCUT2D eigenvalue weighted by Gasteiger charge is 2.10. The lowest BCUT2D eigenvalue weighted by Crippen LogP contribution is -2.26. The number of hydrogen-bond donors (Lipinski definition) is 0. The molecule has 4 rings (SSSR count). The summed E-state index contributed by atoms with van der Waals surface area (Å²) >= 11 is 0. The number of carbonyl (C=O) groups is 1. The smallest absolute Gasteiger partial charge is 0.331 e. The second kappa shape index (κ2) is 6.92. The Labute approximate surface area is 154 Å². The van der Waals surface area contributed by atoms with Crippen molar-refractivity contribution in [3.63, 3.8) is 0 Å². The number of carbonyl (C=O) groups excluding carboxylic acids is 1. The number of ether oxygens (including phenoxy) is 2. The maximum atomic E-state index is 12.5. The first-order valence-electron chi connectivity index (χ1n) is 8.37. The van der Waals surface area contributed by atoms with Gasteiger partial charge >= 0.3 is 5.97 Å². The minimum Gasteiger partial charge on any atom is -0.497 e. The van der Waals surface area contributed by atoms with Gasteiger partial charge in [-0.05, 0) is 47.2 Å². The molecule has 0 amide bonds. The van der Waals surface area contributed by atoms with Gasteiger partial charge in [0.25, 0.3) is 5.56 Å². The Morgan fingerprint density at radius 1 is 1.00 bits per heavy atom. The van der Waals surface area contributed by atoms with E-state index in [0.29, 0.717) is 16.7 Å². The first-order chi connectivity index (χ1) is 13.1. The van der Waals surface area contributed by atoms with Crippen molar-refractivity contribution in [1.29, 1.82) is 0 Å². The minimum absolute atomic E-state index is 0.215. The van der Waals surface area contributed by atoms with Gasteiger partial charge in [-0.3, -0.25) is 9.36 Å². The zero-order valence-corrected chi connectivity index (χ0v) is 14.6. The minimum atomic E-state index is -0.545. The summed E-state index contributed by atoms with van der Waals surface area (Å²) in [6.45, 7) is -0.215. The molecule has 3 aromatic carbocycles. The zero-order valence-electron chi connectivity index (χ0n) is 14.6. The van der Waals surface area contributed by atoms with E-state index >= 15 is 0 Å². The summed E-state index contributed by atoms with van der Waals surface area (Å²) in [4.78, 5) is 29.0. The fourth-order valence-electron chi connectivity index (χ4n) is 2.91. The van der Waals surface area contributed by atoms with Crippen LogP contribution in [0.5, 0.6) is 11.5 Å². The monoisotopic (exact) mass is 360 g/mol. The molecule has 0 spiro atoms. The number of hydrogen-bond acceptors (Lipinski definition) is 5. The van der Waals surface area contributed by atoms with Crippen molar-refractivity contribution in [2.24, 2.45) is 0 Å². The average molecular weight is 360 g/mol. The van der Waals surface area contributed by atoms with E-state index in [2.05, 4.69) is 4.98 Å². The molecule has 134 valence electrons. The zero-order chi connectivity index (χ0) is 18.8. The van der Waals surface area contributed by atoms with Crippen molar-refractivity contribution >= 4 is 27.6 Å². The van der Waals surface area contributed by atoms with E-state index in [-0.39, 0.29) is 12.1 Å². The average Bonchev–Trinajstić information content (AvgIpc) is 2.69. The summed E-state index contributed by atoms with van der Waals surface area (Å²) in [6.07, 6.45) is 1.36. The Morgan fingerprint density at radius 3 is 2.56 bits per heavy atom. The van der Waals surface area contributed by atoms with E-state index in [0.717, 1.165) is 16.5 Å². The molecule has 0 atom stereocenters. The molecule has 0 aliphatic heterocycles. The van der Waals surface area contributed by atoms with Gasteiger partial charge < -0.3 is 9.47 Å². The Bertz CT molecular complexity index is 1210. The van der Waals surface area contributed by atoms with Gasteiger partial charge in [-0.1, -0.05) is 24.3 Å². The highest BCUT2D eigenvalue weighted by atomic mass is 16.5. The summed E-state index contributed by atoms with van der Waals surface area (Å²) in [5.41, 5.74) is 0.316. The van der Waals surface area contributed by atoms with Crippen molar-refractivity contribution in [2.45, 2.75) is 6.54 Å². The van der Waals surface area contributed by atoms with Crippen LogP contribution < -0.4 is 15.0 Å². The summed E-state index contributed by atoms with van der Waals surface area (Å²) in [7, 11) is 1.60. The number of methoxy groups -OCH3 is 1. The van der Waals surface area contributed by atoms with Crippen molar-refractivity contribution in [1.82, 2.24) is 9.55 Å².